The molecule has 0 amide bonds. The molecule has 2 aliphatic heterocycles. The molecule has 3 rings (SSSR count). The van der Waals surface area contributed by atoms with E-state index in [1.165, 1.54) is 5.69 Å². The van der Waals surface area contributed by atoms with Gasteiger partial charge in [0.05, 0.1) is 18.4 Å². The Labute approximate surface area is 51.8 Å². The Kier molecular flexibility index (Phi) is 0.400. The molecular weight excluding hydrogens is 118 g/mol. The Balaban J connectivity index is 2.33. The lowest BCUT2D eigenvalue weighted by atomic mass is 10.4. The molecular formula is C6H5NO2. The van der Waals surface area contributed by atoms with Crippen molar-refractivity contribution in [3.63, 3.8) is 0 Å². The molecule has 0 bridgehead atoms. The molecule has 3 nitrogen and oxygen atoms in total. The summed E-state index contributed by atoms with van der Waals surface area (Å²) in [4.78, 5) is 0. The van der Waals surface area contributed by atoms with Crippen LogP contribution in [0.15, 0.2) is 6.20 Å². The third kappa shape index (κ3) is 0.313. The highest BCUT2D eigenvalue weighted by Gasteiger charge is 2.31. The molecule has 1 aromatic heterocycles. The molecule has 0 radical (unpaired) electrons. The molecule has 0 spiro atoms. The van der Waals surface area contributed by atoms with E-state index in [-0.39, 0.29) is 0 Å². The van der Waals surface area contributed by atoms with Crippen LogP contribution >= 0.6 is 0 Å². The monoisotopic (exact) mass is 123 g/mol. The molecule has 0 N–H and O–H groups in total. The molecule has 0 aliphatic carbocycles. The van der Waals surface area contributed by atoms with Crippen molar-refractivity contribution in [1.29, 1.82) is 0 Å². The van der Waals surface area contributed by atoms with Crippen molar-refractivity contribution in [2.24, 2.45) is 0 Å². The molecule has 0 aromatic carbocycles. The maximum atomic E-state index is 5.18. The SMILES string of the molecule is c1c2c(c3n1C3)OCO2. The summed E-state index contributed by atoms with van der Waals surface area (Å²) in [5.41, 5.74) is 1.28. The Morgan fingerprint density at radius 3 is 3.33 bits per heavy atom. The largest absolute Gasteiger partial charge is 0.452 e. The fourth-order valence-electron chi connectivity index (χ4n) is 1.20. The fraction of sp³-hybridized carbons (Fsp3) is 0.333. The van der Waals surface area contributed by atoms with Gasteiger partial charge < -0.3 is 14.0 Å². The van der Waals surface area contributed by atoms with Crippen molar-refractivity contribution < 1.29 is 9.47 Å². The summed E-state index contributed by atoms with van der Waals surface area (Å²) in [6.07, 6.45) is 1.98. The second-order valence-electron chi connectivity index (χ2n) is 2.30. The first kappa shape index (κ1) is 3.82. The number of nitrogens with zero attached hydrogens (tertiary/aromatic N) is 1. The van der Waals surface area contributed by atoms with Crippen LogP contribution in [0.25, 0.3) is 0 Å². The van der Waals surface area contributed by atoms with Gasteiger partial charge in [0, 0.05) is 0 Å². The lowest BCUT2D eigenvalue weighted by molar-refractivity contribution is 0.172. The molecule has 1 aromatic rings. The smallest absolute Gasteiger partial charge is 0.231 e. The third-order valence-corrected chi connectivity index (χ3v) is 1.74. The fourth-order valence-corrected chi connectivity index (χ4v) is 1.20. The number of ether oxygens (including phenoxy) is 2. The van der Waals surface area contributed by atoms with Crippen LogP contribution in [0.2, 0.25) is 0 Å². The van der Waals surface area contributed by atoms with Gasteiger partial charge in [-0.2, -0.15) is 0 Å². The lowest BCUT2D eigenvalue weighted by Crippen LogP contribution is -1.94. The average Bonchev–Trinajstić information content (AvgIpc) is 2.38. The van der Waals surface area contributed by atoms with E-state index in [9.17, 15) is 0 Å². The van der Waals surface area contributed by atoms with E-state index in [1.54, 1.807) is 0 Å². The van der Waals surface area contributed by atoms with E-state index in [2.05, 4.69) is 4.57 Å². The second kappa shape index (κ2) is 0.943. The van der Waals surface area contributed by atoms with Gasteiger partial charge in [0.15, 0.2) is 11.5 Å². The molecule has 0 unspecified atom stereocenters. The molecule has 0 saturated carbocycles. The van der Waals surface area contributed by atoms with E-state index in [4.69, 9.17) is 9.47 Å². The van der Waals surface area contributed by atoms with Gasteiger partial charge in [-0.3, -0.25) is 0 Å². The maximum absolute atomic E-state index is 5.18. The lowest BCUT2D eigenvalue weighted by Gasteiger charge is -1.86. The molecule has 46 valence electrons. The first-order chi connectivity index (χ1) is 4.45. The van der Waals surface area contributed by atoms with E-state index in [0.717, 1.165) is 18.0 Å². The van der Waals surface area contributed by atoms with Gasteiger partial charge in [-0.25, -0.2) is 0 Å². The second-order valence-corrected chi connectivity index (χ2v) is 2.30. The van der Waals surface area contributed by atoms with E-state index in [1.807, 2.05) is 6.20 Å². The Bertz CT molecular complexity index is 277. The van der Waals surface area contributed by atoms with Crippen LogP contribution in [-0.4, -0.2) is 11.4 Å². The standard InChI is InChI=1S/C6H5NO2/c1-4-6-5(2-7(1)4)8-3-9-6/h2H,1,3H2. The van der Waals surface area contributed by atoms with E-state index >= 15 is 0 Å². The summed E-state index contributed by atoms with van der Waals surface area (Å²) in [5, 5.41) is 0. The molecule has 0 saturated heterocycles. The van der Waals surface area contributed by atoms with Crippen molar-refractivity contribution in [2.75, 3.05) is 6.79 Å². The molecule has 3 heterocycles. The first-order valence-electron chi connectivity index (χ1n) is 2.93. The molecule has 0 fully saturated rings. The number of fused-ring (bicyclic) bond motifs is 3. The van der Waals surface area contributed by atoms with Crippen molar-refractivity contribution in [3.05, 3.63) is 11.9 Å². The highest BCUT2D eigenvalue weighted by Crippen LogP contribution is 2.44. The zero-order valence-electron chi connectivity index (χ0n) is 4.76. The van der Waals surface area contributed by atoms with E-state index in [0.29, 0.717) is 6.79 Å². The summed E-state index contributed by atoms with van der Waals surface area (Å²) >= 11 is 0. The van der Waals surface area contributed by atoms with Crippen LogP contribution < -0.4 is 9.47 Å². The first-order valence-corrected chi connectivity index (χ1v) is 2.93. The quantitative estimate of drug-likeness (QED) is 0.511. The molecule has 9 heavy (non-hydrogen) atoms. The van der Waals surface area contributed by atoms with Crippen LogP contribution in [-0.2, 0) is 6.54 Å². The average molecular weight is 123 g/mol. The predicted octanol–water partition coefficient (Wildman–Crippen LogP) is 0.578. The number of hydrogen-bond donors (Lipinski definition) is 0. The van der Waals surface area contributed by atoms with Crippen LogP contribution in [0.4, 0.5) is 0 Å². The van der Waals surface area contributed by atoms with Crippen LogP contribution in [0.3, 0.4) is 0 Å². The van der Waals surface area contributed by atoms with Gasteiger partial charge >= 0.3 is 0 Å². The minimum absolute atomic E-state index is 0.401. The summed E-state index contributed by atoms with van der Waals surface area (Å²) in [6, 6.07) is 0. The molecule has 2 aliphatic rings. The summed E-state index contributed by atoms with van der Waals surface area (Å²) < 4.78 is 12.4. The van der Waals surface area contributed by atoms with Crippen molar-refractivity contribution in [1.82, 2.24) is 4.57 Å². The Morgan fingerprint density at radius 2 is 2.44 bits per heavy atom. The van der Waals surface area contributed by atoms with Gasteiger partial charge in [0.2, 0.25) is 6.79 Å². The minimum atomic E-state index is 0.401. The highest BCUT2D eigenvalue weighted by molar-refractivity contribution is 5.51. The highest BCUT2D eigenvalue weighted by atomic mass is 16.7. The topological polar surface area (TPSA) is 23.4 Å². The van der Waals surface area contributed by atoms with Crippen LogP contribution in [0.5, 0.6) is 11.5 Å². The normalized spacial score (nSPS) is 17.8. The van der Waals surface area contributed by atoms with Gasteiger partial charge in [-0.15, -0.1) is 0 Å². The van der Waals surface area contributed by atoms with Gasteiger partial charge in [0.1, 0.15) is 0 Å². The van der Waals surface area contributed by atoms with Crippen LogP contribution in [0.1, 0.15) is 5.69 Å². The number of hydrogen-bond acceptors (Lipinski definition) is 2. The van der Waals surface area contributed by atoms with Crippen LogP contribution in [0, 0.1) is 0 Å². The van der Waals surface area contributed by atoms with Crippen molar-refractivity contribution in [2.45, 2.75) is 6.54 Å². The Morgan fingerprint density at radius 1 is 1.44 bits per heavy atom. The summed E-state index contributed by atoms with van der Waals surface area (Å²) in [6.45, 7) is 1.45. The maximum Gasteiger partial charge on any atom is 0.231 e. The van der Waals surface area contributed by atoms with Crippen molar-refractivity contribution >= 4 is 0 Å². The molecule has 0 atom stereocenters. The van der Waals surface area contributed by atoms with Gasteiger partial charge in [-0.1, -0.05) is 0 Å². The molecule has 3 heteroatoms. The zero-order valence-corrected chi connectivity index (χ0v) is 4.76. The summed E-state index contributed by atoms with van der Waals surface area (Å²) in [7, 11) is 0. The predicted molar refractivity (Wildman–Crippen MR) is 29.7 cm³/mol. The number of aromatic nitrogens is 1. The Hall–Kier alpha value is -1.12. The van der Waals surface area contributed by atoms with Gasteiger partial charge in [-0.05, 0) is 0 Å². The third-order valence-electron chi connectivity index (χ3n) is 1.74. The minimum Gasteiger partial charge on any atom is -0.452 e. The van der Waals surface area contributed by atoms with E-state index < -0.39 is 0 Å². The van der Waals surface area contributed by atoms with Gasteiger partial charge in [0.25, 0.3) is 0 Å². The summed E-state index contributed by atoms with van der Waals surface area (Å²) in [5.74, 6) is 1.88. The zero-order chi connectivity index (χ0) is 5.84. The number of rotatable bonds is 0. The van der Waals surface area contributed by atoms with Crippen molar-refractivity contribution in [3.8, 4) is 11.5 Å².